The summed E-state index contributed by atoms with van der Waals surface area (Å²) in [4.78, 5) is 0. The van der Waals surface area contributed by atoms with Crippen LogP contribution in [-0.4, -0.2) is 36.5 Å². The van der Waals surface area contributed by atoms with Gasteiger partial charge in [0, 0.05) is 23.2 Å². The second kappa shape index (κ2) is 6.84. The number of aliphatic hydroxyl groups excluding tert-OH is 1. The molecule has 1 fully saturated rings. The van der Waals surface area contributed by atoms with Crippen LogP contribution in [0.15, 0.2) is 28.7 Å². The first-order chi connectivity index (χ1) is 9.11. The lowest BCUT2D eigenvalue weighted by Crippen LogP contribution is -2.50. The van der Waals surface area contributed by atoms with Gasteiger partial charge >= 0.3 is 0 Å². The van der Waals surface area contributed by atoms with Crippen molar-refractivity contribution in [2.75, 3.05) is 19.8 Å². The van der Waals surface area contributed by atoms with Crippen molar-refractivity contribution in [1.82, 2.24) is 5.32 Å². The van der Waals surface area contributed by atoms with E-state index in [1.165, 1.54) is 5.56 Å². The van der Waals surface area contributed by atoms with Gasteiger partial charge in [0.15, 0.2) is 0 Å². The Bertz CT molecular complexity index is 390. The molecule has 2 unspecified atom stereocenters. The standard InChI is InChI=1S/C15H22BrNO2/c1-15(11-18,17-10-14-3-2-8-19-14)9-12-4-6-13(16)7-5-12/h4-7,14,17-18H,2-3,8-11H2,1H3. The molecule has 0 bridgehead atoms. The molecule has 2 atom stereocenters. The number of ether oxygens (including phenoxy) is 1. The second-order valence-electron chi connectivity index (χ2n) is 5.54. The number of rotatable bonds is 6. The van der Waals surface area contributed by atoms with Crippen molar-refractivity contribution < 1.29 is 9.84 Å². The Morgan fingerprint density at radius 1 is 1.42 bits per heavy atom. The van der Waals surface area contributed by atoms with Crippen LogP contribution in [0.4, 0.5) is 0 Å². The smallest absolute Gasteiger partial charge is 0.0700 e. The molecule has 0 aromatic heterocycles. The van der Waals surface area contributed by atoms with Crippen LogP contribution < -0.4 is 5.32 Å². The molecule has 0 radical (unpaired) electrons. The minimum atomic E-state index is -0.292. The Morgan fingerprint density at radius 3 is 2.74 bits per heavy atom. The van der Waals surface area contributed by atoms with Gasteiger partial charge in [-0.15, -0.1) is 0 Å². The van der Waals surface area contributed by atoms with E-state index in [-0.39, 0.29) is 12.1 Å². The number of benzene rings is 1. The van der Waals surface area contributed by atoms with Crippen molar-refractivity contribution in [2.24, 2.45) is 0 Å². The first kappa shape index (κ1) is 15.0. The third-order valence-corrected chi connectivity index (χ3v) is 4.17. The van der Waals surface area contributed by atoms with Crippen molar-refractivity contribution >= 4 is 15.9 Å². The highest BCUT2D eigenvalue weighted by atomic mass is 79.9. The summed E-state index contributed by atoms with van der Waals surface area (Å²) in [7, 11) is 0. The Balaban J connectivity index is 1.90. The van der Waals surface area contributed by atoms with E-state index in [0.717, 1.165) is 36.9 Å². The Hall–Kier alpha value is -0.420. The largest absolute Gasteiger partial charge is 0.394 e. The number of hydrogen-bond donors (Lipinski definition) is 2. The molecule has 1 aliphatic rings. The molecule has 1 aromatic rings. The lowest BCUT2D eigenvalue weighted by molar-refractivity contribution is 0.0913. The van der Waals surface area contributed by atoms with Crippen LogP contribution in [0.5, 0.6) is 0 Å². The summed E-state index contributed by atoms with van der Waals surface area (Å²) in [5, 5.41) is 13.1. The van der Waals surface area contributed by atoms with Crippen LogP contribution in [-0.2, 0) is 11.2 Å². The fourth-order valence-electron chi connectivity index (χ4n) is 2.39. The van der Waals surface area contributed by atoms with Crippen LogP contribution in [0.1, 0.15) is 25.3 Å². The van der Waals surface area contributed by atoms with Crippen LogP contribution in [0.3, 0.4) is 0 Å². The molecule has 2 N–H and O–H groups in total. The maximum Gasteiger partial charge on any atom is 0.0700 e. The zero-order chi connectivity index (χ0) is 13.7. The molecule has 2 rings (SSSR count). The summed E-state index contributed by atoms with van der Waals surface area (Å²) in [5.74, 6) is 0. The average molecular weight is 328 g/mol. The number of aliphatic hydroxyl groups is 1. The summed E-state index contributed by atoms with van der Waals surface area (Å²) in [6.45, 7) is 3.86. The van der Waals surface area contributed by atoms with E-state index in [1.807, 2.05) is 12.1 Å². The van der Waals surface area contributed by atoms with E-state index in [2.05, 4.69) is 40.3 Å². The monoisotopic (exact) mass is 327 g/mol. The summed E-state index contributed by atoms with van der Waals surface area (Å²) in [6.07, 6.45) is 3.38. The van der Waals surface area contributed by atoms with E-state index in [9.17, 15) is 5.11 Å². The van der Waals surface area contributed by atoms with Gasteiger partial charge in [-0.25, -0.2) is 0 Å². The fourth-order valence-corrected chi connectivity index (χ4v) is 2.66. The Kier molecular flexibility index (Phi) is 5.39. The van der Waals surface area contributed by atoms with Gasteiger partial charge in [0.1, 0.15) is 0 Å². The Morgan fingerprint density at radius 2 is 2.16 bits per heavy atom. The molecule has 0 saturated carbocycles. The minimum absolute atomic E-state index is 0.121. The minimum Gasteiger partial charge on any atom is -0.394 e. The molecule has 1 aromatic carbocycles. The zero-order valence-corrected chi connectivity index (χ0v) is 12.9. The second-order valence-corrected chi connectivity index (χ2v) is 6.45. The summed E-state index contributed by atoms with van der Waals surface area (Å²) in [6, 6.07) is 8.25. The van der Waals surface area contributed by atoms with Gasteiger partial charge in [-0.05, 0) is 43.9 Å². The fraction of sp³-hybridized carbons (Fsp3) is 0.600. The molecule has 0 amide bonds. The maximum atomic E-state index is 9.66. The topological polar surface area (TPSA) is 41.5 Å². The van der Waals surface area contributed by atoms with Gasteiger partial charge in [-0.3, -0.25) is 0 Å². The summed E-state index contributed by atoms with van der Waals surface area (Å²) in [5.41, 5.74) is 0.930. The zero-order valence-electron chi connectivity index (χ0n) is 11.4. The molecular formula is C15H22BrNO2. The lowest BCUT2D eigenvalue weighted by Gasteiger charge is -2.30. The van der Waals surface area contributed by atoms with Gasteiger partial charge in [0.2, 0.25) is 0 Å². The Labute approximate surface area is 123 Å². The molecule has 1 aliphatic heterocycles. The molecule has 106 valence electrons. The molecule has 4 heteroatoms. The molecule has 1 heterocycles. The predicted molar refractivity (Wildman–Crippen MR) is 80.3 cm³/mol. The third kappa shape index (κ3) is 4.56. The summed E-state index contributed by atoms with van der Waals surface area (Å²) >= 11 is 3.44. The molecule has 0 spiro atoms. The quantitative estimate of drug-likeness (QED) is 0.843. The first-order valence-corrected chi connectivity index (χ1v) is 7.62. The summed E-state index contributed by atoms with van der Waals surface area (Å²) < 4.78 is 6.69. The highest BCUT2D eigenvalue weighted by Gasteiger charge is 2.25. The normalized spacial score (nSPS) is 22.4. The van der Waals surface area contributed by atoms with Crippen molar-refractivity contribution in [3.05, 3.63) is 34.3 Å². The molecule has 19 heavy (non-hydrogen) atoms. The molecule has 0 aliphatic carbocycles. The van der Waals surface area contributed by atoms with Gasteiger partial charge in [-0.1, -0.05) is 28.1 Å². The highest BCUT2D eigenvalue weighted by molar-refractivity contribution is 9.10. The van der Waals surface area contributed by atoms with Gasteiger partial charge in [0.05, 0.1) is 12.7 Å². The van der Waals surface area contributed by atoms with Crippen molar-refractivity contribution in [3.63, 3.8) is 0 Å². The number of halogens is 1. The van der Waals surface area contributed by atoms with Crippen LogP contribution in [0, 0.1) is 0 Å². The van der Waals surface area contributed by atoms with E-state index < -0.39 is 0 Å². The average Bonchev–Trinajstić information content (AvgIpc) is 2.93. The van der Waals surface area contributed by atoms with Crippen LogP contribution in [0.2, 0.25) is 0 Å². The van der Waals surface area contributed by atoms with Crippen LogP contribution >= 0.6 is 15.9 Å². The van der Waals surface area contributed by atoms with E-state index in [4.69, 9.17) is 4.74 Å². The van der Waals surface area contributed by atoms with Crippen molar-refractivity contribution in [3.8, 4) is 0 Å². The third-order valence-electron chi connectivity index (χ3n) is 3.64. The molecule has 1 saturated heterocycles. The van der Waals surface area contributed by atoms with Crippen molar-refractivity contribution in [2.45, 2.75) is 37.8 Å². The predicted octanol–water partition coefficient (Wildman–Crippen LogP) is 2.51. The SMILES string of the molecule is CC(CO)(Cc1ccc(Br)cc1)NCC1CCCO1. The maximum absolute atomic E-state index is 9.66. The van der Waals surface area contributed by atoms with E-state index in [1.54, 1.807) is 0 Å². The van der Waals surface area contributed by atoms with Crippen LogP contribution in [0.25, 0.3) is 0 Å². The van der Waals surface area contributed by atoms with Gasteiger partial charge in [-0.2, -0.15) is 0 Å². The van der Waals surface area contributed by atoms with E-state index >= 15 is 0 Å². The van der Waals surface area contributed by atoms with Crippen molar-refractivity contribution in [1.29, 1.82) is 0 Å². The molecule has 3 nitrogen and oxygen atoms in total. The first-order valence-electron chi connectivity index (χ1n) is 6.83. The van der Waals surface area contributed by atoms with Gasteiger partial charge in [0.25, 0.3) is 0 Å². The molecular weight excluding hydrogens is 306 g/mol. The lowest BCUT2D eigenvalue weighted by atomic mass is 9.93. The van der Waals surface area contributed by atoms with E-state index in [0.29, 0.717) is 6.10 Å². The number of hydrogen-bond acceptors (Lipinski definition) is 3. The number of nitrogens with one attached hydrogen (secondary N) is 1. The van der Waals surface area contributed by atoms with Gasteiger partial charge < -0.3 is 15.2 Å². The highest BCUT2D eigenvalue weighted by Crippen LogP contribution is 2.18.